The van der Waals surface area contributed by atoms with Crippen molar-refractivity contribution in [3.63, 3.8) is 0 Å². The van der Waals surface area contributed by atoms with Crippen LogP contribution >= 0.6 is 0 Å². The average Bonchev–Trinajstić information content (AvgIpc) is 2.40. The van der Waals surface area contributed by atoms with E-state index >= 15 is 0 Å². The molecule has 100 valence electrons. The number of methoxy groups -OCH3 is 1. The molecule has 1 aliphatic carbocycles. The number of H-pyrrole nitrogens is 1. The summed E-state index contributed by atoms with van der Waals surface area (Å²) in [5, 5.41) is 3.31. The van der Waals surface area contributed by atoms with E-state index in [2.05, 4.69) is 15.3 Å². The molecule has 0 radical (unpaired) electrons. The quantitative estimate of drug-likeness (QED) is 0.733. The van der Waals surface area contributed by atoms with Crippen LogP contribution in [-0.2, 0) is 0 Å². The van der Waals surface area contributed by atoms with Crippen LogP contribution in [0.3, 0.4) is 0 Å². The molecule has 1 saturated carbocycles. The maximum absolute atomic E-state index is 11.6. The molecule has 0 bridgehead atoms. The van der Waals surface area contributed by atoms with Crippen LogP contribution in [0.25, 0.3) is 0 Å². The van der Waals surface area contributed by atoms with E-state index in [1.807, 2.05) is 0 Å². The van der Waals surface area contributed by atoms with Gasteiger partial charge < -0.3 is 20.8 Å². The second-order valence-electron chi connectivity index (χ2n) is 4.64. The zero-order valence-electron chi connectivity index (χ0n) is 10.6. The molecular weight excluding hydrogens is 232 g/mol. The van der Waals surface area contributed by atoms with Crippen LogP contribution in [0.4, 0.5) is 5.82 Å². The number of nitrogens with two attached hydrogens (primary N) is 1. The van der Waals surface area contributed by atoms with Crippen molar-refractivity contribution >= 4 is 5.82 Å². The molecule has 1 aromatic heterocycles. The van der Waals surface area contributed by atoms with E-state index in [1.165, 1.54) is 26.3 Å². The van der Waals surface area contributed by atoms with Gasteiger partial charge in [0.05, 0.1) is 13.4 Å². The van der Waals surface area contributed by atoms with Crippen molar-refractivity contribution < 1.29 is 4.74 Å². The van der Waals surface area contributed by atoms with Gasteiger partial charge in [-0.25, -0.2) is 4.98 Å². The Hall–Kier alpha value is -1.56. The summed E-state index contributed by atoms with van der Waals surface area (Å²) < 4.78 is 5.09. The third kappa shape index (κ3) is 2.64. The number of nitrogens with zero attached hydrogens (tertiary/aromatic N) is 1. The highest BCUT2D eigenvalue weighted by Gasteiger charge is 2.25. The number of hydrogen-bond donors (Lipinski definition) is 3. The normalized spacial score (nSPS) is 23.7. The van der Waals surface area contributed by atoms with Crippen LogP contribution in [0, 0.1) is 5.92 Å². The molecule has 6 heteroatoms. The predicted octanol–water partition coefficient (Wildman–Crippen LogP) is 0.708. The summed E-state index contributed by atoms with van der Waals surface area (Å²) in [4.78, 5) is 18.2. The monoisotopic (exact) mass is 252 g/mol. The molecule has 0 aromatic carbocycles. The van der Waals surface area contributed by atoms with Crippen LogP contribution in [0.5, 0.6) is 5.75 Å². The first-order valence-electron chi connectivity index (χ1n) is 6.34. The number of rotatable bonds is 4. The lowest BCUT2D eigenvalue weighted by Crippen LogP contribution is -2.37. The van der Waals surface area contributed by atoms with Crippen LogP contribution in [0.1, 0.15) is 25.7 Å². The zero-order chi connectivity index (χ0) is 13.0. The molecule has 1 aromatic rings. The molecule has 4 N–H and O–H groups in total. The van der Waals surface area contributed by atoms with E-state index in [1.54, 1.807) is 0 Å². The molecular formula is C12H20N4O2. The average molecular weight is 252 g/mol. The number of anilines is 1. The highest BCUT2D eigenvalue weighted by Crippen LogP contribution is 2.27. The first-order chi connectivity index (χ1) is 8.76. The largest absolute Gasteiger partial charge is 0.489 e. The Morgan fingerprint density at radius 2 is 2.33 bits per heavy atom. The van der Waals surface area contributed by atoms with Crippen LogP contribution in [-0.4, -0.2) is 29.7 Å². The van der Waals surface area contributed by atoms with E-state index < -0.39 is 0 Å². The van der Waals surface area contributed by atoms with E-state index in [0.717, 1.165) is 12.8 Å². The minimum Gasteiger partial charge on any atom is -0.489 e. The third-order valence-electron chi connectivity index (χ3n) is 3.55. The van der Waals surface area contributed by atoms with Crippen LogP contribution in [0.15, 0.2) is 11.1 Å². The summed E-state index contributed by atoms with van der Waals surface area (Å²) in [5.41, 5.74) is 5.52. The summed E-state index contributed by atoms with van der Waals surface area (Å²) >= 11 is 0. The summed E-state index contributed by atoms with van der Waals surface area (Å²) in [6, 6.07) is 0.270. The van der Waals surface area contributed by atoms with Gasteiger partial charge in [-0.1, -0.05) is 12.8 Å². The summed E-state index contributed by atoms with van der Waals surface area (Å²) in [6.07, 6.45) is 5.96. The molecule has 0 saturated heterocycles. The van der Waals surface area contributed by atoms with Gasteiger partial charge in [-0.2, -0.15) is 0 Å². The Kier molecular flexibility index (Phi) is 4.19. The second kappa shape index (κ2) is 5.86. The number of ether oxygens (including phenoxy) is 1. The highest BCUT2D eigenvalue weighted by molar-refractivity contribution is 5.48. The van der Waals surface area contributed by atoms with Gasteiger partial charge in [0.25, 0.3) is 5.56 Å². The first-order valence-corrected chi connectivity index (χ1v) is 6.34. The number of nitrogens with one attached hydrogen (secondary N) is 2. The number of aromatic nitrogens is 2. The van der Waals surface area contributed by atoms with Crippen molar-refractivity contribution in [2.45, 2.75) is 31.7 Å². The van der Waals surface area contributed by atoms with Gasteiger partial charge in [-0.05, 0) is 25.3 Å². The van der Waals surface area contributed by atoms with Gasteiger partial charge in [-0.15, -0.1) is 0 Å². The Morgan fingerprint density at radius 1 is 1.56 bits per heavy atom. The van der Waals surface area contributed by atoms with E-state index in [9.17, 15) is 4.79 Å². The maximum atomic E-state index is 11.6. The Bertz CT molecular complexity index is 446. The zero-order valence-corrected chi connectivity index (χ0v) is 10.6. The summed E-state index contributed by atoms with van der Waals surface area (Å²) in [6.45, 7) is 0.656. The topological polar surface area (TPSA) is 93.0 Å². The molecule has 1 heterocycles. The molecule has 2 unspecified atom stereocenters. The molecule has 0 aliphatic heterocycles. The smallest absolute Gasteiger partial charge is 0.295 e. The molecule has 0 spiro atoms. The van der Waals surface area contributed by atoms with Gasteiger partial charge in [0, 0.05) is 6.04 Å². The molecule has 1 aliphatic rings. The first kappa shape index (κ1) is 12.9. The van der Waals surface area contributed by atoms with Gasteiger partial charge in [0.15, 0.2) is 5.82 Å². The van der Waals surface area contributed by atoms with E-state index in [-0.39, 0.29) is 17.4 Å². The molecule has 0 amide bonds. The lowest BCUT2D eigenvalue weighted by atomic mass is 9.84. The Labute approximate surface area is 106 Å². The fourth-order valence-electron chi connectivity index (χ4n) is 2.53. The van der Waals surface area contributed by atoms with Gasteiger partial charge in [0.1, 0.15) is 0 Å². The summed E-state index contributed by atoms with van der Waals surface area (Å²) in [5.74, 6) is 1.18. The summed E-state index contributed by atoms with van der Waals surface area (Å²) in [7, 11) is 1.47. The fraction of sp³-hybridized carbons (Fsp3) is 0.667. The molecule has 1 fully saturated rings. The Balaban J connectivity index is 2.17. The standard InChI is InChI=1S/C12H20N4O2/c1-18-10-11(14-7-15-12(10)17)16-9-5-3-2-4-8(9)6-13/h7-9H,2-6,13H2,1H3,(H2,14,15,16,17). The van der Waals surface area contributed by atoms with Crippen molar-refractivity contribution in [3.8, 4) is 5.75 Å². The molecule has 6 nitrogen and oxygen atoms in total. The van der Waals surface area contributed by atoms with Crippen molar-refractivity contribution in [1.82, 2.24) is 9.97 Å². The maximum Gasteiger partial charge on any atom is 0.295 e. The highest BCUT2D eigenvalue weighted by atomic mass is 16.5. The van der Waals surface area contributed by atoms with Crippen molar-refractivity contribution in [3.05, 3.63) is 16.7 Å². The minimum absolute atomic E-state index is 0.235. The van der Waals surface area contributed by atoms with Crippen LogP contribution < -0.4 is 21.3 Å². The second-order valence-corrected chi connectivity index (χ2v) is 4.64. The SMILES string of the molecule is COc1c(NC2CCCCC2CN)nc[nH]c1=O. The fourth-order valence-corrected chi connectivity index (χ4v) is 2.53. The third-order valence-corrected chi connectivity index (χ3v) is 3.55. The van der Waals surface area contributed by atoms with E-state index in [4.69, 9.17) is 10.5 Å². The minimum atomic E-state index is -0.268. The number of hydrogen-bond acceptors (Lipinski definition) is 5. The molecule has 2 atom stereocenters. The van der Waals surface area contributed by atoms with Gasteiger partial charge in [0.2, 0.25) is 5.75 Å². The van der Waals surface area contributed by atoms with Crippen LogP contribution in [0.2, 0.25) is 0 Å². The lowest BCUT2D eigenvalue weighted by Gasteiger charge is -2.31. The number of aromatic amines is 1. The molecule has 2 rings (SSSR count). The van der Waals surface area contributed by atoms with Gasteiger partial charge in [-0.3, -0.25) is 4.79 Å². The van der Waals surface area contributed by atoms with Crippen molar-refractivity contribution in [2.24, 2.45) is 11.7 Å². The Morgan fingerprint density at radius 3 is 3.06 bits per heavy atom. The van der Waals surface area contributed by atoms with Crippen molar-refractivity contribution in [1.29, 1.82) is 0 Å². The lowest BCUT2D eigenvalue weighted by molar-refractivity contribution is 0.330. The molecule has 18 heavy (non-hydrogen) atoms. The van der Waals surface area contributed by atoms with E-state index in [0.29, 0.717) is 18.3 Å². The predicted molar refractivity (Wildman–Crippen MR) is 69.8 cm³/mol. The van der Waals surface area contributed by atoms with Crippen molar-refractivity contribution in [2.75, 3.05) is 19.0 Å². The van der Waals surface area contributed by atoms with Gasteiger partial charge >= 0.3 is 0 Å².